The summed E-state index contributed by atoms with van der Waals surface area (Å²) in [7, 11) is 1.69. The van der Waals surface area contributed by atoms with Crippen molar-refractivity contribution in [2.24, 2.45) is 0 Å². The molecule has 0 spiro atoms. The average Bonchev–Trinajstić information content (AvgIpc) is 3.30. The molecule has 0 aliphatic heterocycles. The molecule has 0 amide bonds. The number of hydrogen-bond donors (Lipinski definition) is 1. The molecule has 29 heavy (non-hydrogen) atoms. The van der Waals surface area contributed by atoms with Crippen molar-refractivity contribution in [2.45, 2.75) is 45.3 Å². The number of thioether (sulfide) groups is 1. The lowest BCUT2D eigenvalue weighted by molar-refractivity contribution is 0.102. The Morgan fingerprint density at radius 1 is 1.28 bits per heavy atom. The third-order valence-electron chi connectivity index (χ3n) is 5.07. The number of nitrogens with zero attached hydrogens (tertiary/aromatic N) is 3. The zero-order valence-corrected chi connectivity index (χ0v) is 18.5. The second-order valence-corrected chi connectivity index (χ2v) is 8.13. The van der Waals surface area contributed by atoms with E-state index in [9.17, 15) is 4.79 Å². The fourth-order valence-electron chi connectivity index (χ4n) is 3.60. The van der Waals surface area contributed by atoms with Gasteiger partial charge in [0.25, 0.3) is 0 Å². The summed E-state index contributed by atoms with van der Waals surface area (Å²) in [4.78, 5) is 17.3. The van der Waals surface area contributed by atoms with Gasteiger partial charge in [-0.3, -0.25) is 9.89 Å². The molecular formula is C22H28N4O2S. The largest absolute Gasteiger partial charge is 0.383 e. The minimum Gasteiger partial charge on any atom is -0.383 e. The van der Waals surface area contributed by atoms with E-state index in [0.717, 1.165) is 28.9 Å². The Bertz CT molecular complexity index is 975. The van der Waals surface area contributed by atoms with Crippen LogP contribution < -0.4 is 0 Å². The molecule has 3 aromatic rings. The molecule has 6 nitrogen and oxygen atoms in total. The number of benzene rings is 1. The summed E-state index contributed by atoms with van der Waals surface area (Å²) in [5, 5.41) is 7.80. The number of carbonyl (C=O) groups excluding carboxylic acids is 1. The Morgan fingerprint density at radius 2 is 2.00 bits per heavy atom. The van der Waals surface area contributed by atoms with E-state index in [1.54, 1.807) is 7.11 Å². The Morgan fingerprint density at radius 3 is 2.66 bits per heavy atom. The fourth-order valence-corrected chi connectivity index (χ4v) is 4.28. The normalized spacial score (nSPS) is 12.3. The molecule has 0 saturated heterocycles. The maximum Gasteiger partial charge on any atom is 0.209 e. The lowest BCUT2D eigenvalue weighted by Crippen LogP contribution is -2.14. The number of aromatic amines is 1. The number of ether oxygens (including phenoxy) is 1. The van der Waals surface area contributed by atoms with E-state index in [4.69, 9.17) is 4.74 Å². The minimum atomic E-state index is 0.0811. The Kier molecular flexibility index (Phi) is 6.92. The molecule has 0 aliphatic rings. The van der Waals surface area contributed by atoms with Crippen LogP contribution in [0, 0.1) is 13.8 Å². The molecule has 2 aromatic heterocycles. The van der Waals surface area contributed by atoms with E-state index in [0.29, 0.717) is 23.3 Å². The summed E-state index contributed by atoms with van der Waals surface area (Å²) < 4.78 is 7.42. The predicted octanol–water partition coefficient (Wildman–Crippen LogP) is 4.63. The number of rotatable bonds is 9. The van der Waals surface area contributed by atoms with Crippen LogP contribution in [0.5, 0.6) is 0 Å². The Labute approximate surface area is 176 Å². The summed E-state index contributed by atoms with van der Waals surface area (Å²) in [6.45, 7) is 8.84. The van der Waals surface area contributed by atoms with E-state index < -0.39 is 0 Å². The number of aromatic nitrogens is 4. The van der Waals surface area contributed by atoms with Gasteiger partial charge in [-0.15, -0.1) is 5.10 Å². The lowest BCUT2D eigenvalue weighted by Gasteiger charge is -2.17. The quantitative estimate of drug-likeness (QED) is 0.410. The highest BCUT2D eigenvalue weighted by atomic mass is 32.2. The van der Waals surface area contributed by atoms with Crippen LogP contribution in [0.4, 0.5) is 0 Å². The molecular weight excluding hydrogens is 384 g/mol. The highest BCUT2D eigenvalue weighted by Crippen LogP contribution is 2.24. The van der Waals surface area contributed by atoms with Gasteiger partial charge in [0.1, 0.15) is 0 Å². The highest BCUT2D eigenvalue weighted by Gasteiger charge is 2.19. The number of nitrogens with one attached hydrogen (secondary N) is 1. The van der Waals surface area contributed by atoms with Crippen molar-refractivity contribution in [2.75, 3.05) is 19.5 Å². The predicted molar refractivity (Wildman–Crippen MR) is 117 cm³/mol. The third kappa shape index (κ3) is 4.79. The lowest BCUT2D eigenvalue weighted by atomic mass is 10.1. The van der Waals surface area contributed by atoms with Gasteiger partial charge in [-0.25, -0.2) is 4.98 Å². The molecule has 0 aliphatic carbocycles. The molecule has 0 saturated carbocycles. The summed E-state index contributed by atoms with van der Waals surface area (Å²) in [5.74, 6) is 1.10. The minimum absolute atomic E-state index is 0.0811. The topological polar surface area (TPSA) is 72.8 Å². The molecule has 7 heteroatoms. The molecule has 0 unspecified atom stereocenters. The van der Waals surface area contributed by atoms with Gasteiger partial charge < -0.3 is 9.30 Å². The third-order valence-corrected chi connectivity index (χ3v) is 5.91. The van der Waals surface area contributed by atoms with Gasteiger partial charge in [0.05, 0.1) is 18.4 Å². The van der Waals surface area contributed by atoms with Crippen molar-refractivity contribution < 1.29 is 9.53 Å². The molecule has 1 aromatic carbocycles. The molecule has 1 atom stereocenters. The molecule has 1 N–H and O–H groups in total. The van der Waals surface area contributed by atoms with Crippen LogP contribution in [-0.4, -0.2) is 45.0 Å². The monoisotopic (exact) mass is 412 g/mol. The Hall–Kier alpha value is -2.38. The molecule has 0 fully saturated rings. The van der Waals surface area contributed by atoms with Gasteiger partial charge in [-0.1, -0.05) is 43.0 Å². The number of carbonyl (C=O) groups is 1. The second kappa shape index (κ2) is 9.41. The molecule has 3 rings (SSSR count). The SMILES string of the molecule is CCc1ccc(-c2nc(SCC(=O)c3cc(C)n([C@@H](C)COC)c3C)n[nH]2)cc1. The van der Waals surface area contributed by atoms with Crippen LogP contribution in [0.15, 0.2) is 35.5 Å². The summed E-state index contributed by atoms with van der Waals surface area (Å²) >= 11 is 1.35. The van der Waals surface area contributed by atoms with Gasteiger partial charge in [0, 0.05) is 29.6 Å². The number of hydrogen-bond acceptors (Lipinski definition) is 5. The molecule has 0 radical (unpaired) electrons. The van der Waals surface area contributed by atoms with Crippen LogP contribution in [0.25, 0.3) is 11.4 Å². The van der Waals surface area contributed by atoms with Crippen LogP contribution in [0.3, 0.4) is 0 Å². The van der Waals surface area contributed by atoms with Gasteiger partial charge in [-0.05, 0) is 38.8 Å². The summed E-state index contributed by atoms with van der Waals surface area (Å²) in [5.41, 5.74) is 5.07. The van der Waals surface area contributed by atoms with E-state index in [-0.39, 0.29) is 11.8 Å². The average molecular weight is 413 g/mol. The highest BCUT2D eigenvalue weighted by molar-refractivity contribution is 7.99. The van der Waals surface area contributed by atoms with Crippen LogP contribution in [0.1, 0.15) is 47.2 Å². The molecule has 154 valence electrons. The standard InChI is InChI=1S/C22H28N4O2S/c1-6-17-7-9-18(10-8-17)21-23-22(25-24-21)29-13-20(27)19-11-14(2)26(16(19)4)15(3)12-28-5/h7-11,15H,6,12-13H2,1-5H3,(H,23,24,25)/t15-/m0/s1. The smallest absolute Gasteiger partial charge is 0.209 e. The number of aryl methyl sites for hydroxylation is 2. The van der Waals surface area contributed by atoms with Gasteiger partial charge in [0.2, 0.25) is 5.16 Å². The summed E-state index contributed by atoms with van der Waals surface area (Å²) in [6, 6.07) is 10.4. The first-order valence-corrected chi connectivity index (χ1v) is 10.8. The van der Waals surface area contributed by atoms with Crippen molar-refractivity contribution >= 4 is 17.5 Å². The number of Topliss-reactive ketones (excluding diaryl/α,β-unsaturated/α-hetero) is 1. The number of H-pyrrole nitrogens is 1. The van der Waals surface area contributed by atoms with Crippen molar-refractivity contribution in [3.05, 3.63) is 52.8 Å². The zero-order chi connectivity index (χ0) is 21.0. The zero-order valence-electron chi connectivity index (χ0n) is 17.7. The number of methoxy groups -OCH3 is 1. The van der Waals surface area contributed by atoms with Crippen molar-refractivity contribution in [1.29, 1.82) is 0 Å². The van der Waals surface area contributed by atoms with E-state index in [2.05, 4.69) is 45.7 Å². The van der Waals surface area contributed by atoms with Crippen molar-refractivity contribution in [3.8, 4) is 11.4 Å². The second-order valence-electron chi connectivity index (χ2n) is 7.19. The number of ketones is 1. The first kappa shape index (κ1) is 21.3. The fraction of sp³-hybridized carbons (Fsp3) is 0.409. The van der Waals surface area contributed by atoms with Crippen LogP contribution >= 0.6 is 11.8 Å². The van der Waals surface area contributed by atoms with Gasteiger partial charge in [-0.2, -0.15) is 0 Å². The van der Waals surface area contributed by atoms with Crippen LogP contribution in [0.2, 0.25) is 0 Å². The maximum atomic E-state index is 12.8. The van der Waals surface area contributed by atoms with Crippen molar-refractivity contribution in [3.63, 3.8) is 0 Å². The first-order chi connectivity index (χ1) is 13.9. The molecule has 2 heterocycles. The maximum absolute atomic E-state index is 12.8. The summed E-state index contributed by atoms with van der Waals surface area (Å²) in [6.07, 6.45) is 1.00. The van der Waals surface area contributed by atoms with E-state index in [1.165, 1.54) is 17.3 Å². The van der Waals surface area contributed by atoms with Crippen molar-refractivity contribution in [1.82, 2.24) is 19.7 Å². The first-order valence-electron chi connectivity index (χ1n) is 9.79. The van der Waals surface area contributed by atoms with Gasteiger partial charge in [0.15, 0.2) is 11.6 Å². The van der Waals surface area contributed by atoms with Gasteiger partial charge >= 0.3 is 0 Å². The molecule has 0 bridgehead atoms. The Balaban J connectivity index is 1.67. The van der Waals surface area contributed by atoms with E-state index in [1.807, 2.05) is 32.0 Å². The van der Waals surface area contributed by atoms with E-state index >= 15 is 0 Å². The van der Waals surface area contributed by atoms with Crippen LogP contribution in [-0.2, 0) is 11.2 Å².